The first-order chi connectivity index (χ1) is 10.3. The molecule has 0 unspecified atom stereocenters. The summed E-state index contributed by atoms with van der Waals surface area (Å²) in [5, 5.41) is 0.320. The lowest BCUT2D eigenvalue weighted by Crippen LogP contribution is -2.41. The van der Waals surface area contributed by atoms with E-state index in [1.165, 1.54) is 19.2 Å². The Bertz CT molecular complexity index is 762. The first kappa shape index (κ1) is 16.7. The van der Waals surface area contributed by atoms with E-state index in [4.69, 9.17) is 16.3 Å². The molecule has 0 aliphatic heterocycles. The number of pyridine rings is 1. The summed E-state index contributed by atoms with van der Waals surface area (Å²) in [6.45, 7) is 3.52. The van der Waals surface area contributed by atoms with Gasteiger partial charge < -0.3 is 4.74 Å². The summed E-state index contributed by atoms with van der Waals surface area (Å²) in [6, 6.07) is 8.03. The predicted molar refractivity (Wildman–Crippen MR) is 85.6 cm³/mol. The zero-order valence-corrected chi connectivity index (χ0v) is 14.1. The molecule has 7 heteroatoms. The van der Waals surface area contributed by atoms with Gasteiger partial charge in [0.2, 0.25) is 10.0 Å². The second-order valence-electron chi connectivity index (χ2n) is 5.27. The molecule has 0 atom stereocenters. The van der Waals surface area contributed by atoms with Gasteiger partial charge in [0.15, 0.2) is 0 Å². The van der Waals surface area contributed by atoms with E-state index in [2.05, 4.69) is 9.71 Å². The number of aromatic nitrogens is 1. The minimum atomic E-state index is -3.82. The standard InChI is InChI=1S/C15H17ClN2O3S/c1-15(2,11-5-4-8-17-10-11)18-22(19,20)14-9-12(16)6-7-13(14)21-3/h4-10,18H,1-3H3. The fraction of sp³-hybridized carbons (Fsp3) is 0.267. The van der Waals surface area contributed by atoms with E-state index in [1.807, 2.05) is 6.07 Å². The molecular formula is C15H17ClN2O3S. The molecule has 118 valence electrons. The van der Waals surface area contributed by atoms with Crippen LogP contribution in [0.25, 0.3) is 0 Å². The minimum absolute atomic E-state index is 0.000495. The Balaban J connectivity index is 2.42. The highest BCUT2D eigenvalue weighted by Crippen LogP contribution is 2.29. The van der Waals surface area contributed by atoms with Gasteiger partial charge in [-0.15, -0.1) is 0 Å². The molecule has 0 spiro atoms. The molecular weight excluding hydrogens is 324 g/mol. The third kappa shape index (κ3) is 3.58. The lowest BCUT2D eigenvalue weighted by molar-refractivity contribution is 0.400. The van der Waals surface area contributed by atoms with Gasteiger partial charge in [-0.2, -0.15) is 0 Å². The molecule has 22 heavy (non-hydrogen) atoms. The average molecular weight is 341 g/mol. The van der Waals surface area contributed by atoms with Gasteiger partial charge in [-0.05, 0) is 43.7 Å². The van der Waals surface area contributed by atoms with Gasteiger partial charge >= 0.3 is 0 Å². The Morgan fingerprint density at radius 1 is 1.27 bits per heavy atom. The highest BCUT2D eigenvalue weighted by Gasteiger charge is 2.30. The molecule has 0 radical (unpaired) electrons. The topological polar surface area (TPSA) is 68.3 Å². The second-order valence-corrected chi connectivity index (χ2v) is 7.35. The molecule has 0 amide bonds. The number of nitrogens with one attached hydrogen (secondary N) is 1. The summed E-state index contributed by atoms with van der Waals surface area (Å²) in [5.41, 5.74) is -0.0833. The van der Waals surface area contributed by atoms with Crippen molar-refractivity contribution >= 4 is 21.6 Å². The van der Waals surface area contributed by atoms with Gasteiger partial charge in [-0.3, -0.25) is 4.98 Å². The fourth-order valence-corrected chi connectivity index (χ4v) is 3.88. The molecule has 0 saturated carbocycles. The van der Waals surface area contributed by atoms with Crippen LogP contribution in [0.15, 0.2) is 47.6 Å². The molecule has 0 aliphatic carbocycles. The average Bonchev–Trinajstić information content (AvgIpc) is 2.47. The van der Waals surface area contributed by atoms with E-state index in [9.17, 15) is 8.42 Å². The number of ether oxygens (including phenoxy) is 1. The number of halogens is 1. The summed E-state index contributed by atoms with van der Waals surface area (Å²) in [7, 11) is -2.41. The Morgan fingerprint density at radius 3 is 2.59 bits per heavy atom. The normalized spacial score (nSPS) is 12.2. The van der Waals surface area contributed by atoms with Crippen molar-refractivity contribution in [3.8, 4) is 5.75 Å². The monoisotopic (exact) mass is 340 g/mol. The largest absolute Gasteiger partial charge is 0.495 e. The zero-order valence-electron chi connectivity index (χ0n) is 12.5. The first-order valence-corrected chi connectivity index (χ1v) is 8.40. The second kappa shape index (κ2) is 6.24. The number of hydrogen-bond donors (Lipinski definition) is 1. The van der Waals surface area contributed by atoms with E-state index in [-0.39, 0.29) is 10.6 Å². The molecule has 1 N–H and O–H groups in total. The molecule has 0 bridgehead atoms. The van der Waals surface area contributed by atoms with E-state index < -0.39 is 15.6 Å². The van der Waals surface area contributed by atoms with Crippen molar-refractivity contribution in [2.45, 2.75) is 24.3 Å². The third-order valence-electron chi connectivity index (χ3n) is 3.19. The molecule has 5 nitrogen and oxygen atoms in total. The number of sulfonamides is 1. The maximum atomic E-state index is 12.7. The van der Waals surface area contributed by atoms with Crippen molar-refractivity contribution in [1.82, 2.24) is 9.71 Å². The number of methoxy groups -OCH3 is 1. The summed E-state index contributed by atoms with van der Waals surface area (Å²) in [6.07, 6.45) is 3.26. The van der Waals surface area contributed by atoms with Gasteiger partial charge in [0.1, 0.15) is 10.6 Å². The smallest absolute Gasteiger partial charge is 0.245 e. The van der Waals surface area contributed by atoms with Crippen molar-refractivity contribution in [2.24, 2.45) is 0 Å². The van der Waals surface area contributed by atoms with Crippen LogP contribution in [0.2, 0.25) is 5.02 Å². The van der Waals surface area contributed by atoms with E-state index in [1.54, 1.807) is 38.4 Å². The number of nitrogens with zero attached hydrogens (tertiary/aromatic N) is 1. The van der Waals surface area contributed by atoms with Crippen LogP contribution in [0.1, 0.15) is 19.4 Å². The molecule has 0 fully saturated rings. The van der Waals surface area contributed by atoms with Crippen molar-refractivity contribution < 1.29 is 13.2 Å². The first-order valence-electron chi connectivity index (χ1n) is 6.54. The van der Waals surface area contributed by atoms with E-state index in [0.29, 0.717) is 5.02 Å². The Kier molecular flexibility index (Phi) is 4.75. The lowest BCUT2D eigenvalue weighted by Gasteiger charge is -2.26. The van der Waals surface area contributed by atoms with E-state index >= 15 is 0 Å². The maximum Gasteiger partial charge on any atom is 0.245 e. The van der Waals surface area contributed by atoms with Crippen LogP contribution in [0.3, 0.4) is 0 Å². The number of rotatable bonds is 5. The Hall–Kier alpha value is -1.63. The van der Waals surface area contributed by atoms with Crippen molar-refractivity contribution in [1.29, 1.82) is 0 Å². The quantitative estimate of drug-likeness (QED) is 0.908. The molecule has 2 rings (SSSR count). The van der Waals surface area contributed by atoms with Crippen LogP contribution in [0.5, 0.6) is 5.75 Å². The lowest BCUT2D eigenvalue weighted by atomic mass is 9.98. The van der Waals surface area contributed by atoms with Crippen LogP contribution >= 0.6 is 11.6 Å². The Labute approximate surface area is 135 Å². The van der Waals surface area contributed by atoms with Crippen LogP contribution in [-0.4, -0.2) is 20.5 Å². The summed E-state index contributed by atoms with van der Waals surface area (Å²) in [5.74, 6) is 0.235. The van der Waals surface area contributed by atoms with Gasteiger partial charge in [0.05, 0.1) is 12.6 Å². The van der Waals surface area contributed by atoms with Crippen LogP contribution in [0, 0.1) is 0 Å². The van der Waals surface area contributed by atoms with Gasteiger partial charge in [0, 0.05) is 17.4 Å². The number of benzene rings is 1. The minimum Gasteiger partial charge on any atom is -0.495 e. The summed E-state index contributed by atoms with van der Waals surface area (Å²) >= 11 is 5.91. The van der Waals surface area contributed by atoms with Gasteiger partial charge in [-0.25, -0.2) is 13.1 Å². The fourth-order valence-electron chi connectivity index (χ4n) is 2.04. The van der Waals surface area contributed by atoms with Crippen LogP contribution < -0.4 is 9.46 Å². The predicted octanol–water partition coefficient (Wildman–Crippen LogP) is 2.96. The Morgan fingerprint density at radius 2 is 2.00 bits per heavy atom. The number of hydrogen-bond acceptors (Lipinski definition) is 4. The van der Waals surface area contributed by atoms with Gasteiger partial charge in [-0.1, -0.05) is 17.7 Å². The molecule has 1 aromatic carbocycles. The maximum absolute atomic E-state index is 12.7. The van der Waals surface area contributed by atoms with Crippen molar-refractivity contribution in [2.75, 3.05) is 7.11 Å². The molecule has 1 heterocycles. The summed E-state index contributed by atoms with van der Waals surface area (Å²) < 4.78 is 33.1. The molecule has 0 aliphatic rings. The molecule has 2 aromatic rings. The molecule has 0 saturated heterocycles. The third-order valence-corrected chi connectivity index (χ3v) is 5.10. The highest BCUT2D eigenvalue weighted by atomic mass is 35.5. The van der Waals surface area contributed by atoms with Crippen molar-refractivity contribution in [3.05, 3.63) is 53.3 Å². The highest BCUT2D eigenvalue weighted by molar-refractivity contribution is 7.89. The zero-order chi connectivity index (χ0) is 16.4. The van der Waals surface area contributed by atoms with Crippen LogP contribution in [0.4, 0.5) is 0 Å². The molecule has 1 aromatic heterocycles. The van der Waals surface area contributed by atoms with Gasteiger partial charge in [0.25, 0.3) is 0 Å². The van der Waals surface area contributed by atoms with Crippen molar-refractivity contribution in [3.63, 3.8) is 0 Å². The SMILES string of the molecule is COc1ccc(Cl)cc1S(=O)(=O)NC(C)(C)c1cccnc1. The van der Waals surface area contributed by atoms with Crippen LogP contribution in [-0.2, 0) is 15.6 Å². The van der Waals surface area contributed by atoms with E-state index in [0.717, 1.165) is 5.56 Å². The summed E-state index contributed by atoms with van der Waals surface area (Å²) in [4.78, 5) is 4.02.